The molecule has 0 saturated carbocycles. The Labute approximate surface area is 128 Å². The van der Waals surface area contributed by atoms with Crippen molar-refractivity contribution in [1.82, 2.24) is 10.2 Å². The van der Waals surface area contributed by atoms with E-state index >= 15 is 0 Å². The van der Waals surface area contributed by atoms with E-state index in [1.54, 1.807) is 0 Å². The van der Waals surface area contributed by atoms with E-state index in [2.05, 4.69) is 35.3 Å². The van der Waals surface area contributed by atoms with Crippen molar-refractivity contribution in [3.63, 3.8) is 0 Å². The van der Waals surface area contributed by atoms with Crippen molar-refractivity contribution in [1.29, 1.82) is 0 Å². The maximum absolute atomic E-state index is 5.77. The highest BCUT2D eigenvalue weighted by Crippen LogP contribution is 2.26. The highest BCUT2D eigenvalue weighted by atomic mass is 16.5. The van der Waals surface area contributed by atoms with Gasteiger partial charge in [-0.05, 0) is 33.4 Å². The standard InChI is InChI=1S/C17H28N2O2/c1-4-20-17-9-6-5-8-15(17)16(18-3)13-19-10-7-11-21-14(2)12-19/h5-6,8-9,14,16,18H,4,7,10-13H2,1-3H3. The molecule has 2 unspecified atom stereocenters. The predicted molar refractivity (Wildman–Crippen MR) is 85.9 cm³/mol. The van der Waals surface area contributed by atoms with Crippen LogP contribution in [0.4, 0.5) is 0 Å². The molecule has 2 atom stereocenters. The second-order valence-corrected chi connectivity index (χ2v) is 5.61. The van der Waals surface area contributed by atoms with Crippen LogP contribution < -0.4 is 10.1 Å². The fourth-order valence-electron chi connectivity index (χ4n) is 2.90. The Hall–Kier alpha value is -1.10. The maximum atomic E-state index is 5.77. The molecule has 4 nitrogen and oxygen atoms in total. The van der Waals surface area contributed by atoms with Gasteiger partial charge in [0.25, 0.3) is 0 Å². The third-order valence-corrected chi connectivity index (χ3v) is 3.92. The first-order chi connectivity index (χ1) is 10.2. The van der Waals surface area contributed by atoms with Crippen LogP contribution in [0.1, 0.15) is 31.9 Å². The van der Waals surface area contributed by atoms with Gasteiger partial charge >= 0.3 is 0 Å². The zero-order valence-electron chi connectivity index (χ0n) is 13.5. The molecule has 1 saturated heterocycles. The Kier molecular flexibility index (Phi) is 6.49. The van der Waals surface area contributed by atoms with E-state index in [1.165, 1.54) is 5.56 Å². The first-order valence-electron chi connectivity index (χ1n) is 7.97. The largest absolute Gasteiger partial charge is 0.494 e. The smallest absolute Gasteiger partial charge is 0.124 e. The minimum Gasteiger partial charge on any atom is -0.494 e. The number of hydrogen-bond donors (Lipinski definition) is 1. The van der Waals surface area contributed by atoms with Crippen LogP contribution in [0.25, 0.3) is 0 Å². The first kappa shape index (κ1) is 16.3. The molecule has 0 radical (unpaired) electrons. The Morgan fingerprint density at radius 1 is 1.43 bits per heavy atom. The molecular weight excluding hydrogens is 264 g/mol. The molecule has 0 aliphatic carbocycles. The van der Waals surface area contributed by atoms with Crippen LogP contribution in [0.15, 0.2) is 24.3 Å². The van der Waals surface area contributed by atoms with Gasteiger partial charge in [0, 0.05) is 37.8 Å². The summed E-state index contributed by atoms with van der Waals surface area (Å²) in [6.07, 6.45) is 1.42. The average Bonchev–Trinajstić information content (AvgIpc) is 2.70. The predicted octanol–water partition coefficient (Wildman–Crippen LogP) is 2.46. The molecule has 4 heteroatoms. The molecule has 1 aliphatic rings. The molecule has 1 N–H and O–H groups in total. The van der Waals surface area contributed by atoms with E-state index in [-0.39, 0.29) is 6.04 Å². The maximum Gasteiger partial charge on any atom is 0.124 e. The van der Waals surface area contributed by atoms with Crippen molar-refractivity contribution in [2.24, 2.45) is 0 Å². The van der Waals surface area contributed by atoms with Gasteiger partial charge in [0.05, 0.1) is 12.7 Å². The molecular formula is C17H28N2O2. The van der Waals surface area contributed by atoms with Crippen LogP contribution in [-0.4, -0.2) is 50.9 Å². The molecule has 0 aromatic heterocycles. The lowest BCUT2D eigenvalue weighted by molar-refractivity contribution is 0.0665. The van der Waals surface area contributed by atoms with Crippen LogP contribution in [0, 0.1) is 0 Å². The van der Waals surface area contributed by atoms with Crippen molar-refractivity contribution < 1.29 is 9.47 Å². The van der Waals surface area contributed by atoms with E-state index in [9.17, 15) is 0 Å². The second-order valence-electron chi connectivity index (χ2n) is 5.61. The molecule has 0 spiro atoms. The Bertz CT molecular complexity index is 425. The van der Waals surface area contributed by atoms with Crippen molar-refractivity contribution >= 4 is 0 Å². The van der Waals surface area contributed by atoms with E-state index in [0.29, 0.717) is 12.7 Å². The van der Waals surface area contributed by atoms with E-state index in [4.69, 9.17) is 9.47 Å². The monoisotopic (exact) mass is 292 g/mol. The molecule has 1 aromatic carbocycles. The molecule has 118 valence electrons. The number of ether oxygens (including phenoxy) is 2. The lowest BCUT2D eigenvalue weighted by atomic mass is 10.0. The highest BCUT2D eigenvalue weighted by molar-refractivity contribution is 5.36. The van der Waals surface area contributed by atoms with Crippen molar-refractivity contribution in [2.45, 2.75) is 32.4 Å². The Morgan fingerprint density at radius 3 is 3.00 bits per heavy atom. The zero-order valence-corrected chi connectivity index (χ0v) is 13.5. The van der Waals surface area contributed by atoms with Gasteiger partial charge in [0.1, 0.15) is 5.75 Å². The van der Waals surface area contributed by atoms with Gasteiger partial charge in [-0.15, -0.1) is 0 Å². The average molecular weight is 292 g/mol. The number of nitrogens with zero attached hydrogens (tertiary/aromatic N) is 1. The topological polar surface area (TPSA) is 33.7 Å². The molecule has 2 rings (SSSR count). The lowest BCUT2D eigenvalue weighted by Gasteiger charge is -2.28. The molecule has 21 heavy (non-hydrogen) atoms. The summed E-state index contributed by atoms with van der Waals surface area (Å²) in [6, 6.07) is 8.60. The number of likely N-dealkylation sites (N-methyl/N-ethyl adjacent to an activating group) is 1. The summed E-state index contributed by atoms with van der Waals surface area (Å²) in [4.78, 5) is 2.49. The van der Waals surface area contributed by atoms with E-state index < -0.39 is 0 Å². The fourth-order valence-corrected chi connectivity index (χ4v) is 2.90. The number of para-hydroxylation sites is 1. The summed E-state index contributed by atoms with van der Waals surface area (Å²) >= 11 is 0. The van der Waals surface area contributed by atoms with Gasteiger partial charge in [-0.2, -0.15) is 0 Å². The van der Waals surface area contributed by atoms with E-state index in [1.807, 2.05) is 20.0 Å². The third kappa shape index (κ3) is 4.70. The van der Waals surface area contributed by atoms with E-state index in [0.717, 1.165) is 38.4 Å². The fraction of sp³-hybridized carbons (Fsp3) is 0.647. The second kappa shape index (κ2) is 8.37. The number of hydrogen-bond acceptors (Lipinski definition) is 4. The molecule has 0 amide bonds. The summed E-state index contributed by atoms with van der Waals surface area (Å²) in [6.45, 7) is 8.82. The van der Waals surface area contributed by atoms with Crippen molar-refractivity contribution in [2.75, 3.05) is 39.9 Å². The lowest BCUT2D eigenvalue weighted by Crippen LogP contribution is -2.37. The normalized spacial score (nSPS) is 21.8. The Balaban J connectivity index is 2.08. The third-order valence-electron chi connectivity index (χ3n) is 3.92. The molecule has 1 aliphatic heterocycles. The zero-order chi connectivity index (χ0) is 15.1. The molecule has 1 aromatic rings. The summed E-state index contributed by atoms with van der Waals surface area (Å²) in [5.41, 5.74) is 1.24. The van der Waals surface area contributed by atoms with Gasteiger partial charge in [-0.3, -0.25) is 4.90 Å². The Morgan fingerprint density at radius 2 is 2.24 bits per heavy atom. The van der Waals surface area contributed by atoms with Gasteiger partial charge < -0.3 is 14.8 Å². The summed E-state index contributed by atoms with van der Waals surface area (Å²) in [5, 5.41) is 3.44. The quantitative estimate of drug-likeness (QED) is 0.873. The van der Waals surface area contributed by atoms with Gasteiger partial charge in [0.15, 0.2) is 0 Å². The van der Waals surface area contributed by atoms with Crippen LogP contribution in [-0.2, 0) is 4.74 Å². The molecule has 0 bridgehead atoms. The molecule has 1 heterocycles. The number of benzene rings is 1. The summed E-state index contributed by atoms with van der Waals surface area (Å²) in [7, 11) is 2.02. The van der Waals surface area contributed by atoms with Gasteiger partial charge in [-0.1, -0.05) is 18.2 Å². The van der Waals surface area contributed by atoms with Crippen molar-refractivity contribution in [3.8, 4) is 5.75 Å². The van der Waals surface area contributed by atoms with Crippen LogP contribution in [0.5, 0.6) is 5.75 Å². The first-order valence-corrected chi connectivity index (χ1v) is 7.97. The van der Waals surface area contributed by atoms with Gasteiger partial charge in [0.2, 0.25) is 0 Å². The minimum atomic E-state index is 0.276. The number of rotatable bonds is 6. The summed E-state index contributed by atoms with van der Waals surface area (Å²) in [5.74, 6) is 0.985. The minimum absolute atomic E-state index is 0.276. The summed E-state index contributed by atoms with van der Waals surface area (Å²) < 4.78 is 11.5. The van der Waals surface area contributed by atoms with Crippen LogP contribution in [0.2, 0.25) is 0 Å². The SMILES string of the molecule is CCOc1ccccc1C(CN1CCCOC(C)C1)NC. The van der Waals surface area contributed by atoms with Gasteiger partial charge in [-0.25, -0.2) is 0 Å². The molecule has 1 fully saturated rings. The van der Waals surface area contributed by atoms with Crippen molar-refractivity contribution in [3.05, 3.63) is 29.8 Å². The van der Waals surface area contributed by atoms with Crippen LogP contribution in [0.3, 0.4) is 0 Å². The number of nitrogens with one attached hydrogen (secondary N) is 1. The van der Waals surface area contributed by atoms with Crippen LogP contribution >= 0.6 is 0 Å². The highest BCUT2D eigenvalue weighted by Gasteiger charge is 2.21.